The van der Waals surface area contributed by atoms with Crippen LogP contribution in [0.2, 0.25) is 0 Å². The van der Waals surface area contributed by atoms with Gasteiger partial charge in [-0.15, -0.1) is 0 Å². The number of rotatable bonds is 3. The molecule has 0 aromatic heterocycles. The van der Waals surface area contributed by atoms with Crippen molar-refractivity contribution in [2.45, 2.75) is 13.3 Å². The SMILES string of the molecule is Cc1cc(Br)ccc1N1CC(C(=O)Nc2ccccc2O)CC1=O. The van der Waals surface area contributed by atoms with E-state index in [9.17, 15) is 14.7 Å². The summed E-state index contributed by atoms with van der Waals surface area (Å²) in [5, 5.41) is 12.4. The van der Waals surface area contributed by atoms with Crippen molar-refractivity contribution in [2.24, 2.45) is 5.92 Å². The van der Waals surface area contributed by atoms with Gasteiger partial charge in [-0.2, -0.15) is 0 Å². The predicted molar refractivity (Wildman–Crippen MR) is 96.1 cm³/mol. The van der Waals surface area contributed by atoms with Crippen LogP contribution >= 0.6 is 15.9 Å². The number of phenols is 1. The molecule has 0 aliphatic carbocycles. The molecular formula is C18H17BrN2O3. The summed E-state index contributed by atoms with van der Waals surface area (Å²) in [7, 11) is 0. The normalized spacial score (nSPS) is 17.2. The van der Waals surface area contributed by atoms with Gasteiger partial charge in [-0.3, -0.25) is 9.59 Å². The van der Waals surface area contributed by atoms with Crippen LogP contribution in [0.3, 0.4) is 0 Å². The third-order valence-corrected chi connectivity index (χ3v) is 4.60. The number of amides is 2. The first kappa shape index (κ1) is 16.5. The van der Waals surface area contributed by atoms with Crippen LogP contribution in [-0.4, -0.2) is 23.5 Å². The Labute approximate surface area is 148 Å². The second-order valence-electron chi connectivity index (χ2n) is 5.84. The van der Waals surface area contributed by atoms with Crippen LogP contribution in [0.15, 0.2) is 46.9 Å². The molecule has 2 amide bonds. The van der Waals surface area contributed by atoms with Crippen molar-refractivity contribution in [3.63, 3.8) is 0 Å². The lowest BCUT2D eigenvalue weighted by Gasteiger charge is -2.19. The standard InChI is InChI=1S/C18H17BrN2O3/c1-11-8-13(19)6-7-15(11)21-10-12(9-17(21)23)18(24)20-14-4-2-3-5-16(14)22/h2-8,12,22H,9-10H2,1H3,(H,20,24). The molecule has 3 rings (SSSR count). The van der Waals surface area contributed by atoms with E-state index in [1.165, 1.54) is 6.07 Å². The minimum absolute atomic E-state index is 0.00998. The number of halogens is 1. The van der Waals surface area contributed by atoms with Gasteiger partial charge in [0.25, 0.3) is 0 Å². The number of hydrogen-bond donors (Lipinski definition) is 2. The minimum atomic E-state index is -0.444. The van der Waals surface area contributed by atoms with Crippen LogP contribution in [-0.2, 0) is 9.59 Å². The largest absolute Gasteiger partial charge is 0.506 e. The van der Waals surface area contributed by atoms with E-state index >= 15 is 0 Å². The van der Waals surface area contributed by atoms with Gasteiger partial charge in [0.05, 0.1) is 11.6 Å². The third-order valence-electron chi connectivity index (χ3n) is 4.11. The van der Waals surface area contributed by atoms with Gasteiger partial charge < -0.3 is 15.3 Å². The van der Waals surface area contributed by atoms with Crippen LogP contribution in [0.5, 0.6) is 5.75 Å². The topological polar surface area (TPSA) is 69.6 Å². The molecule has 24 heavy (non-hydrogen) atoms. The first-order valence-electron chi connectivity index (χ1n) is 7.61. The van der Waals surface area contributed by atoms with Crippen LogP contribution in [0.25, 0.3) is 0 Å². The molecule has 0 radical (unpaired) electrons. The Kier molecular flexibility index (Phi) is 4.57. The van der Waals surface area contributed by atoms with Crippen LogP contribution in [0.4, 0.5) is 11.4 Å². The molecule has 1 saturated heterocycles. The molecule has 1 atom stereocenters. The van der Waals surface area contributed by atoms with Gasteiger partial charge in [-0.05, 0) is 42.8 Å². The number of anilines is 2. The van der Waals surface area contributed by atoms with E-state index in [0.29, 0.717) is 12.2 Å². The summed E-state index contributed by atoms with van der Waals surface area (Å²) in [5.41, 5.74) is 2.15. The van der Waals surface area contributed by atoms with Crippen molar-refractivity contribution in [1.82, 2.24) is 0 Å². The first-order valence-corrected chi connectivity index (χ1v) is 8.40. The van der Waals surface area contributed by atoms with Crippen molar-refractivity contribution in [2.75, 3.05) is 16.8 Å². The monoisotopic (exact) mass is 388 g/mol. The highest BCUT2D eigenvalue weighted by Gasteiger charge is 2.35. The number of nitrogens with one attached hydrogen (secondary N) is 1. The Morgan fingerprint density at radius 1 is 1.29 bits per heavy atom. The predicted octanol–water partition coefficient (Wildman–Crippen LogP) is 3.45. The fourth-order valence-electron chi connectivity index (χ4n) is 2.85. The van der Waals surface area contributed by atoms with E-state index in [2.05, 4.69) is 21.2 Å². The molecule has 1 aliphatic heterocycles. The van der Waals surface area contributed by atoms with Crippen molar-refractivity contribution >= 4 is 39.1 Å². The first-order chi connectivity index (χ1) is 11.5. The van der Waals surface area contributed by atoms with Gasteiger partial charge in [0.1, 0.15) is 5.75 Å². The van der Waals surface area contributed by atoms with Crippen LogP contribution in [0.1, 0.15) is 12.0 Å². The summed E-state index contributed by atoms with van der Waals surface area (Å²) in [5.74, 6) is -0.768. The van der Waals surface area contributed by atoms with Crippen LogP contribution in [0, 0.1) is 12.8 Å². The number of phenolic OH excluding ortho intramolecular Hbond substituents is 1. The molecule has 1 unspecified atom stereocenters. The number of carbonyl (C=O) groups is 2. The number of benzene rings is 2. The van der Waals surface area contributed by atoms with E-state index < -0.39 is 5.92 Å². The molecule has 2 aromatic rings. The Morgan fingerprint density at radius 2 is 2.04 bits per heavy atom. The van der Waals surface area contributed by atoms with Crippen molar-refractivity contribution in [3.05, 3.63) is 52.5 Å². The summed E-state index contributed by atoms with van der Waals surface area (Å²) in [6.07, 6.45) is 0.162. The van der Waals surface area contributed by atoms with E-state index in [4.69, 9.17) is 0 Å². The Bertz CT molecular complexity index is 807. The second-order valence-corrected chi connectivity index (χ2v) is 6.76. The maximum atomic E-state index is 12.4. The number of aryl methyl sites for hydroxylation is 1. The molecule has 0 saturated carbocycles. The van der Waals surface area contributed by atoms with E-state index in [-0.39, 0.29) is 24.0 Å². The van der Waals surface area contributed by atoms with Gasteiger partial charge in [-0.1, -0.05) is 28.1 Å². The van der Waals surface area contributed by atoms with E-state index in [0.717, 1.165) is 15.7 Å². The van der Waals surface area contributed by atoms with Gasteiger partial charge in [-0.25, -0.2) is 0 Å². The average molecular weight is 389 g/mol. The minimum Gasteiger partial charge on any atom is -0.506 e. The summed E-state index contributed by atoms with van der Waals surface area (Å²) in [6.45, 7) is 2.27. The Morgan fingerprint density at radius 3 is 2.75 bits per heavy atom. The van der Waals surface area contributed by atoms with Crippen molar-refractivity contribution < 1.29 is 14.7 Å². The molecule has 124 valence electrons. The third kappa shape index (κ3) is 3.28. The van der Waals surface area contributed by atoms with Gasteiger partial charge >= 0.3 is 0 Å². The maximum absolute atomic E-state index is 12.4. The Balaban J connectivity index is 1.74. The summed E-state index contributed by atoms with van der Waals surface area (Å²) >= 11 is 3.41. The molecule has 2 aromatic carbocycles. The number of hydrogen-bond acceptors (Lipinski definition) is 3. The highest BCUT2D eigenvalue weighted by Crippen LogP contribution is 2.31. The van der Waals surface area contributed by atoms with Crippen LogP contribution < -0.4 is 10.2 Å². The quantitative estimate of drug-likeness (QED) is 0.791. The molecule has 0 spiro atoms. The van der Waals surface area contributed by atoms with Gasteiger partial charge in [0.2, 0.25) is 11.8 Å². The second kappa shape index (κ2) is 6.65. The van der Waals surface area contributed by atoms with Crippen molar-refractivity contribution in [3.8, 4) is 5.75 Å². The highest BCUT2D eigenvalue weighted by atomic mass is 79.9. The lowest BCUT2D eigenvalue weighted by molar-refractivity contribution is -0.122. The summed E-state index contributed by atoms with van der Waals surface area (Å²) in [6, 6.07) is 12.2. The molecule has 1 fully saturated rings. The molecule has 2 N–H and O–H groups in total. The summed E-state index contributed by atoms with van der Waals surface area (Å²) in [4.78, 5) is 26.4. The average Bonchev–Trinajstić information content (AvgIpc) is 2.91. The molecule has 6 heteroatoms. The number of carbonyl (C=O) groups excluding carboxylic acids is 2. The molecule has 1 aliphatic rings. The van der Waals surface area contributed by atoms with Crippen molar-refractivity contribution in [1.29, 1.82) is 0 Å². The lowest BCUT2D eigenvalue weighted by atomic mass is 10.1. The zero-order chi connectivity index (χ0) is 17.3. The molecular weight excluding hydrogens is 372 g/mol. The number of para-hydroxylation sites is 2. The smallest absolute Gasteiger partial charge is 0.229 e. The Hall–Kier alpha value is -2.34. The molecule has 5 nitrogen and oxygen atoms in total. The van der Waals surface area contributed by atoms with Gasteiger partial charge in [0, 0.05) is 23.1 Å². The zero-order valence-electron chi connectivity index (χ0n) is 13.1. The maximum Gasteiger partial charge on any atom is 0.229 e. The van der Waals surface area contributed by atoms with E-state index in [1.54, 1.807) is 23.1 Å². The fourth-order valence-corrected chi connectivity index (χ4v) is 3.33. The van der Waals surface area contributed by atoms with Gasteiger partial charge in [0.15, 0.2) is 0 Å². The fraction of sp³-hybridized carbons (Fsp3) is 0.222. The highest BCUT2D eigenvalue weighted by molar-refractivity contribution is 9.10. The lowest BCUT2D eigenvalue weighted by Crippen LogP contribution is -2.28. The number of aromatic hydroxyl groups is 1. The molecule has 1 heterocycles. The summed E-state index contributed by atoms with van der Waals surface area (Å²) < 4.78 is 0.948. The number of nitrogens with zero attached hydrogens (tertiary/aromatic N) is 1. The molecule has 0 bridgehead atoms. The van der Waals surface area contributed by atoms with E-state index in [1.807, 2.05) is 25.1 Å². The zero-order valence-corrected chi connectivity index (χ0v) is 14.7.